The lowest BCUT2D eigenvalue weighted by Gasteiger charge is -2.33. The second-order valence-electron chi connectivity index (χ2n) is 6.91. The summed E-state index contributed by atoms with van der Waals surface area (Å²) in [4.78, 5) is 2.25. The van der Waals surface area contributed by atoms with Crippen LogP contribution < -0.4 is 0 Å². The van der Waals surface area contributed by atoms with Gasteiger partial charge in [-0.15, -0.1) is 0 Å². The number of hydrogen-bond donors (Lipinski definition) is 0. The molecule has 0 saturated heterocycles. The Bertz CT molecular complexity index is 219. The molecule has 0 amide bonds. The van der Waals surface area contributed by atoms with E-state index in [9.17, 15) is 0 Å². The number of unbranched alkanes of at least 4 members (excludes halogenated alkanes) is 3. The van der Waals surface area contributed by atoms with Crippen LogP contribution in [0.15, 0.2) is 0 Å². The van der Waals surface area contributed by atoms with Crippen molar-refractivity contribution in [1.82, 2.24) is 4.90 Å². The van der Waals surface area contributed by atoms with Crippen molar-refractivity contribution in [3.8, 4) is 0 Å². The van der Waals surface area contributed by atoms with Gasteiger partial charge in [0.05, 0.1) is 5.60 Å². The molecule has 20 heavy (non-hydrogen) atoms. The maximum absolute atomic E-state index is 6.45. The second kappa shape index (κ2) is 10.6. The molecule has 1 aliphatic carbocycles. The smallest absolute Gasteiger partial charge is 0.0682 e. The second-order valence-corrected chi connectivity index (χ2v) is 6.91. The molecule has 0 aromatic carbocycles. The van der Waals surface area contributed by atoms with E-state index in [-0.39, 0.29) is 5.60 Å². The van der Waals surface area contributed by atoms with Crippen LogP contribution in [0, 0.1) is 0 Å². The van der Waals surface area contributed by atoms with Crippen molar-refractivity contribution in [2.45, 2.75) is 89.6 Å². The molecule has 1 saturated carbocycles. The summed E-state index contributed by atoms with van der Waals surface area (Å²) in [7, 11) is 4.29. The zero-order valence-corrected chi connectivity index (χ0v) is 14.3. The molecule has 2 nitrogen and oxygen atoms in total. The molecule has 0 radical (unpaired) electrons. The summed E-state index contributed by atoms with van der Waals surface area (Å²) in [6.07, 6.45) is 16.1. The normalized spacial score (nSPS) is 19.2. The van der Waals surface area contributed by atoms with Gasteiger partial charge in [-0.3, -0.25) is 0 Å². The number of nitrogens with zero attached hydrogens (tertiary/aromatic N) is 1. The summed E-state index contributed by atoms with van der Waals surface area (Å²) >= 11 is 0. The van der Waals surface area contributed by atoms with Crippen molar-refractivity contribution in [3.05, 3.63) is 0 Å². The first kappa shape index (κ1) is 18.0. The summed E-state index contributed by atoms with van der Waals surface area (Å²) in [6, 6.07) is 0. The van der Waals surface area contributed by atoms with E-state index in [4.69, 9.17) is 4.74 Å². The third kappa shape index (κ3) is 7.64. The first-order chi connectivity index (χ1) is 9.68. The summed E-state index contributed by atoms with van der Waals surface area (Å²) in [5, 5.41) is 0. The van der Waals surface area contributed by atoms with E-state index in [1.54, 1.807) is 0 Å². The van der Waals surface area contributed by atoms with Crippen molar-refractivity contribution < 1.29 is 4.74 Å². The largest absolute Gasteiger partial charge is 0.375 e. The van der Waals surface area contributed by atoms with E-state index in [2.05, 4.69) is 25.9 Å². The van der Waals surface area contributed by atoms with Crippen LogP contribution in [-0.4, -0.2) is 37.7 Å². The zero-order valence-electron chi connectivity index (χ0n) is 14.3. The first-order valence-electron chi connectivity index (χ1n) is 8.97. The van der Waals surface area contributed by atoms with Crippen LogP contribution in [0.4, 0.5) is 0 Å². The Hall–Kier alpha value is -0.0800. The highest BCUT2D eigenvalue weighted by molar-refractivity contribution is 4.83. The highest BCUT2D eigenvalue weighted by Gasteiger charge is 2.30. The van der Waals surface area contributed by atoms with E-state index >= 15 is 0 Å². The average Bonchev–Trinajstić information content (AvgIpc) is 2.66. The molecular weight excluding hydrogens is 246 g/mol. The van der Waals surface area contributed by atoms with Crippen LogP contribution in [0.25, 0.3) is 0 Å². The minimum Gasteiger partial charge on any atom is -0.375 e. The fourth-order valence-corrected chi connectivity index (χ4v) is 3.38. The van der Waals surface area contributed by atoms with Gasteiger partial charge in [0.1, 0.15) is 0 Å². The van der Waals surface area contributed by atoms with Gasteiger partial charge in [-0.05, 0) is 46.3 Å². The quantitative estimate of drug-likeness (QED) is 0.412. The monoisotopic (exact) mass is 283 g/mol. The summed E-state index contributed by atoms with van der Waals surface area (Å²) in [5.74, 6) is 0. The summed E-state index contributed by atoms with van der Waals surface area (Å²) < 4.78 is 6.45. The van der Waals surface area contributed by atoms with Crippen LogP contribution >= 0.6 is 0 Å². The lowest BCUT2D eigenvalue weighted by molar-refractivity contribution is -0.0655. The summed E-state index contributed by atoms with van der Waals surface area (Å²) in [5.41, 5.74) is 0.233. The van der Waals surface area contributed by atoms with Crippen molar-refractivity contribution in [1.29, 1.82) is 0 Å². The Kier molecular flexibility index (Phi) is 9.54. The zero-order chi connectivity index (χ0) is 14.7. The number of ether oxygens (including phenoxy) is 1. The molecule has 1 aliphatic rings. The minimum absolute atomic E-state index is 0.233. The number of hydrogen-bond acceptors (Lipinski definition) is 2. The standard InChI is InChI=1S/C18H37NO/c1-4-5-6-9-13-18(14-10-7-8-11-15-18)20-17-12-16-19(2)3/h4-17H2,1-3H3. The molecule has 1 fully saturated rings. The molecule has 2 heteroatoms. The average molecular weight is 284 g/mol. The van der Waals surface area contributed by atoms with Crippen LogP contribution in [-0.2, 0) is 4.74 Å². The Labute approximate surface area is 127 Å². The van der Waals surface area contributed by atoms with E-state index in [1.807, 2.05) is 0 Å². The molecule has 0 bridgehead atoms. The van der Waals surface area contributed by atoms with Gasteiger partial charge >= 0.3 is 0 Å². The van der Waals surface area contributed by atoms with Gasteiger partial charge in [0.15, 0.2) is 0 Å². The van der Waals surface area contributed by atoms with E-state index < -0.39 is 0 Å². The molecule has 0 spiro atoms. The molecule has 1 rings (SSSR count). The number of rotatable bonds is 10. The van der Waals surface area contributed by atoms with Crippen molar-refractivity contribution in [2.24, 2.45) is 0 Å². The van der Waals surface area contributed by atoms with E-state index in [0.717, 1.165) is 13.2 Å². The van der Waals surface area contributed by atoms with Crippen LogP contribution in [0.1, 0.15) is 84.0 Å². The van der Waals surface area contributed by atoms with Gasteiger partial charge in [-0.2, -0.15) is 0 Å². The molecule has 0 aromatic rings. The lowest BCUT2D eigenvalue weighted by atomic mass is 9.88. The highest BCUT2D eigenvalue weighted by Crippen LogP contribution is 2.35. The molecular formula is C18H37NO. The van der Waals surface area contributed by atoms with Crippen molar-refractivity contribution >= 4 is 0 Å². The topological polar surface area (TPSA) is 12.5 Å². The predicted octanol–water partition coefficient (Wildman–Crippen LogP) is 5.02. The Morgan fingerprint density at radius 3 is 2.20 bits per heavy atom. The lowest BCUT2D eigenvalue weighted by Crippen LogP contribution is -2.33. The van der Waals surface area contributed by atoms with Gasteiger partial charge < -0.3 is 9.64 Å². The van der Waals surface area contributed by atoms with Crippen molar-refractivity contribution in [2.75, 3.05) is 27.2 Å². The molecule has 0 heterocycles. The first-order valence-corrected chi connectivity index (χ1v) is 8.97. The minimum atomic E-state index is 0.233. The maximum Gasteiger partial charge on any atom is 0.0682 e. The molecule has 0 atom stereocenters. The Balaban J connectivity index is 2.36. The maximum atomic E-state index is 6.45. The molecule has 0 aliphatic heterocycles. The molecule has 120 valence electrons. The fraction of sp³-hybridized carbons (Fsp3) is 1.00. The van der Waals surface area contributed by atoms with Gasteiger partial charge in [0.25, 0.3) is 0 Å². The van der Waals surface area contributed by atoms with E-state index in [0.29, 0.717) is 0 Å². The van der Waals surface area contributed by atoms with Gasteiger partial charge in [0, 0.05) is 6.61 Å². The van der Waals surface area contributed by atoms with E-state index in [1.165, 1.54) is 77.0 Å². The van der Waals surface area contributed by atoms with Crippen molar-refractivity contribution in [3.63, 3.8) is 0 Å². The van der Waals surface area contributed by atoms with Gasteiger partial charge in [-0.25, -0.2) is 0 Å². The summed E-state index contributed by atoms with van der Waals surface area (Å²) in [6.45, 7) is 4.39. The molecule has 0 unspecified atom stereocenters. The molecule has 0 aromatic heterocycles. The van der Waals surface area contributed by atoms with Crippen LogP contribution in [0.5, 0.6) is 0 Å². The third-order valence-corrected chi connectivity index (χ3v) is 4.66. The van der Waals surface area contributed by atoms with Gasteiger partial charge in [0.2, 0.25) is 0 Å². The third-order valence-electron chi connectivity index (χ3n) is 4.66. The highest BCUT2D eigenvalue weighted by atomic mass is 16.5. The van der Waals surface area contributed by atoms with Crippen LogP contribution in [0.2, 0.25) is 0 Å². The predicted molar refractivity (Wildman–Crippen MR) is 88.3 cm³/mol. The molecule has 0 N–H and O–H groups in total. The SMILES string of the molecule is CCCCCCC1(OCCCN(C)C)CCCCCC1. The fourth-order valence-electron chi connectivity index (χ4n) is 3.38. The van der Waals surface area contributed by atoms with Crippen LogP contribution in [0.3, 0.4) is 0 Å². The Morgan fingerprint density at radius 1 is 0.900 bits per heavy atom. The Morgan fingerprint density at radius 2 is 1.60 bits per heavy atom. The van der Waals surface area contributed by atoms with Gasteiger partial charge in [-0.1, -0.05) is 58.3 Å².